The first-order valence-corrected chi connectivity index (χ1v) is 13.4. The van der Waals surface area contributed by atoms with E-state index in [1.807, 2.05) is 58.0 Å². The minimum atomic E-state index is -1.18. The zero-order valence-corrected chi connectivity index (χ0v) is 22.7. The molecule has 4 atom stereocenters. The molecule has 3 aliphatic heterocycles. The molecule has 3 aromatic rings. The maximum atomic E-state index is 14.1. The first kappa shape index (κ1) is 25.4. The van der Waals surface area contributed by atoms with E-state index in [4.69, 9.17) is 9.72 Å². The third-order valence-electron chi connectivity index (χ3n) is 8.41. The summed E-state index contributed by atoms with van der Waals surface area (Å²) in [5.41, 5.74) is -0.437. The number of hydrogen-bond acceptors (Lipinski definition) is 7. The molecule has 1 aromatic heterocycles. The third kappa shape index (κ3) is 3.59. The van der Waals surface area contributed by atoms with Crippen LogP contribution in [-0.4, -0.2) is 38.9 Å². The maximum absolute atomic E-state index is 14.1. The van der Waals surface area contributed by atoms with Crippen LogP contribution in [0, 0.1) is 5.92 Å². The molecule has 0 unspecified atom stereocenters. The second-order valence-corrected chi connectivity index (χ2v) is 11.8. The standard InChI is InChI=1S/C30H32N4O5/c1-16(2)19(14-17(3)35)24-31-21-12-8-6-10-18(21)25(36)33(24)23-15-30(39-26(23)37)20-11-7-9-13-22(20)34-27(30)32-29(4,5)28(34)38/h6-13,16,19,23,27,32H,14-15H2,1-5H3/t19-,23+,27+,30-/m0/s1. The largest absolute Gasteiger partial charge is 0.449 e. The average Bonchev–Trinajstić information content (AvgIpc) is 3.45. The van der Waals surface area contributed by atoms with Gasteiger partial charge in [-0.1, -0.05) is 44.2 Å². The molecular weight excluding hydrogens is 496 g/mol. The molecule has 4 heterocycles. The number of ether oxygens (including phenoxy) is 1. The molecule has 2 saturated heterocycles. The molecule has 2 fully saturated rings. The number of aromatic nitrogens is 2. The second kappa shape index (κ2) is 8.58. The van der Waals surface area contributed by atoms with E-state index in [9.17, 15) is 19.2 Å². The lowest BCUT2D eigenvalue weighted by Gasteiger charge is -2.31. The van der Waals surface area contributed by atoms with Gasteiger partial charge in [-0.2, -0.15) is 0 Å². The van der Waals surface area contributed by atoms with Crippen LogP contribution in [0.15, 0.2) is 53.3 Å². The number of esters is 1. The van der Waals surface area contributed by atoms with Crippen LogP contribution >= 0.6 is 0 Å². The van der Waals surface area contributed by atoms with Crippen molar-refractivity contribution in [1.29, 1.82) is 0 Å². The predicted molar refractivity (Wildman–Crippen MR) is 145 cm³/mol. The van der Waals surface area contributed by atoms with Crippen molar-refractivity contribution in [2.24, 2.45) is 5.92 Å². The number of para-hydroxylation sites is 2. The van der Waals surface area contributed by atoms with Crippen molar-refractivity contribution < 1.29 is 19.1 Å². The summed E-state index contributed by atoms with van der Waals surface area (Å²) in [5, 5.41) is 3.78. The number of carbonyl (C=O) groups excluding carboxylic acids is 3. The van der Waals surface area contributed by atoms with Crippen LogP contribution in [0.5, 0.6) is 0 Å². The van der Waals surface area contributed by atoms with Crippen LogP contribution in [-0.2, 0) is 24.7 Å². The number of nitrogens with zero attached hydrogens (tertiary/aromatic N) is 3. The molecule has 2 aromatic carbocycles. The highest BCUT2D eigenvalue weighted by Gasteiger charge is 2.66. The van der Waals surface area contributed by atoms with E-state index in [0.29, 0.717) is 22.4 Å². The minimum Gasteiger partial charge on any atom is -0.449 e. The van der Waals surface area contributed by atoms with Gasteiger partial charge in [0, 0.05) is 24.3 Å². The highest BCUT2D eigenvalue weighted by Crippen LogP contribution is 2.56. The molecule has 3 aliphatic rings. The normalized spacial score (nSPS) is 25.8. The summed E-state index contributed by atoms with van der Waals surface area (Å²) >= 11 is 0. The van der Waals surface area contributed by atoms with Gasteiger partial charge in [0.15, 0.2) is 5.60 Å². The fourth-order valence-electron chi connectivity index (χ4n) is 6.50. The quantitative estimate of drug-likeness (QED) is 0.504. The number of benzene rings is 2. The first-order valence-electron chi connectivity index (χ1n) is 13.4. The van der Waals surface area contributed by atoms with Crippen molar-refractivity contribution in [3.63, 3.8) is 0 Å². The molecule has 9 heteroatoms. The summed E-state index contributed by atoms with van der Waals surface area (Å²) in [6, 6.07) is 13.5. The summed E-state index contributed by atoms with van der Waals surface area (Å²) in [6.45, 7) is 9.10. The van der Waals surface area contributed by atoms with Crippen molar-refractivity contribution in [2.45, 2.75) is 76.7 Å². The van der Waals surface area contributed by atoms with Gasteiger partial charge in [0.25, 0.3) is 5.56 Å². The van der Waals surface area contributed by atoms with E-state index < -0.39 is 29.3 Å². The topological polar surface area (TPSA) is 111 Å². The Morgan fingerprint density at radius 2 is 1.79 bits per heavy atom. The van der Waals surface area contributed by atoms with Gasteiger partial charge in [-0.15, -0.1) is 0 Å². The Bertz CT molecular complexity index is 1610. The number of amides is 1. The smallest absolute Gasteiger partial charge is 0.330 e. The zero-order chi connectivity index (χ0) is 27.9. The van der Waals surface area contributed by atoms with E-state index in [0.717, 1.165) is 5.56 Å². The lowest BCUT2D eigenvalue weighted by Crippen LogP contribution is -2.51. The number of anilines is 1. The van der Waals surface area contributed by atoms with Gasteiger partial charge in [0.2, 0.25) is 5.91 Å². The highest BCUT2D eigenvalue weighted by molar-refractivity contribution is 6.05. The summed E-state index contributed by atoms with van der Waals surface area (Å²) in [5.74, 6) is -0.677. The highest BCUT2D eigenvalue weighted by atomic mass is 16.6. The molecule has 39 heavy (non-hydrogen) atoms. The van der Waals surface area contributed by atoms with Gasteiger partial charge in [0.05, 0.1) is 22.1 Å². The van der Waals surface area contributed by atoms with Crippen molar-refractivity contribution in [2.75, 3.05) is 4.90 Å². The van der Waals surface area contributed by atoms with Crippen molar-refractivity contribution in [3.05, 3.63) is 70.3 Å². The van der Waals surface area contributed by atoms with Gasteiger partial charge in [0.1, 0.15) is 23.8 Å². The summed E-state index contributed by atoms with van der Waals surface area (Å²) in [4.78, 5) is 60.1. The van der Waals surface area contributed by atoms with Crippen LogP contribution in [0.3, 0.4) is 0 Å². The third-order valence-corrected chi connectivity index (χ3v) is 8.41. The number of fused-ring (bicyclic) bond motifs is 6. The lowest BCUT2D eigenvalue weighted by molar-refractivity contribution is -0.152. The Kier molecular flexibility index (Phi) is 5.59. The van der Waals surface area contributed by atoms with Crippen molar-refractivity contribution >= 4 is 34.3 Å². The Hall–Kier alpha value is -3.85. The lowest BCUT2D eigenvalue weighted by atomic mass is 9.87. The van der Waals surface area contributed by atoms with E-state index in [2.05, 4.69) is 5.32 Å². The number of rotatable bonds is 5. The van der Waals surface area contributed by atoms with Crippen LogP contribution in [0.2, 0.25) is 0 Å². The molecule has 1 amide bonds. The van der Waals surface area contributed by atoms with Gasteiger partial charge in [-0.25, -0.2) is 9.78 Å². The van der Waals surface area contributed by atoms with Gasteiger partial charge < -0.3 is 9.53 Å². The molecule has 0 saturated carbocycles. The number of Topliss-reactive ketones (excluding diaryl/α,β-unsaturated/α-hetero) is 1. The predicted octanol–water partition coefficient (Wildman–Crippen LogP) is 3.55. The number of nitrogens with one attached hydrogen (secondary N) is 1. The molecule has 6 rings (SSSR count). The fraction of sp³-hybridized carbons (Fsp3) is 0.433. The van der Waals surface area contributed by atoms with E-state index in [1.54, 1.807) is 23.1 Å². The van der Waals surface area contributed by atoms with Crippen LogP contribution in [0.25, 0.3) is 10.9 Å². The molecule has 0 radical (unpaired) electrons. The van der Waals surface area contributed by atoms with Crippen LogP contribution < -0.4 is 15.8 Å². The Morgan fingerprint density at radius 3 is 2.51 bits per heavy atom. The monoisotopic (exact) mass is 528 g/mol. The van der Waals surface area contributed by atoms with Crippen molar-refractivity contribution in [1.82, 2.24) is 14.9 Å². The fourth-order valence-corrected chi connectivity index (χ4v) is 6.50. The number of carbonyl (C=O) groups is 3. The first-order chi connectivity index (χ1) is 18.5. The van der Waals surface area contributed by atoms with E-state index in [-0.39, 0.29) is 41.9 Å². The SMILES string of the molecule is CC(=O)C[C@H](c1nc2ccccc2c(=O)n1[C@@H]1C[C@]2(OC1=O)c1ccccc1N1C(=O)C(C)(C)N[C@H]12)C(C)C. The molecular formula is C30H32N4O5. The zero-order valence-electron chi connectivity index (χ0n) is 22.7. The summed E-state index contributed by atoms with van der Waals surface area (Å²) in [7, 11) is 0. The van der Waals surface area contributed by atoms with Crippen LogP contribution in [0.4, 0.5) is 5.69 Å². The molecule has 0 aliphatic carbocycles. The van der Waals surface area contributed by atoms with Gasteiger partial charge in [-0.05, 0) is 44.9 Å². The average molecular weight is 529 g/mol. The number of ketones is 1. The Labute approximate surface area is 226 Å². The molecule has 1 N–H and O–H groups in total. The molecule has 202 valence electrons. The maximum Gasteiger partial charge on any atom is 0.330 e. The van der Waals surface area contributed by atoms with Crippen molar-refractivity contribution in [3.8, 4) is 0 Å². The van der Waals surface area contributed by atoms with Gasteiger partial charge in [-0.3, -0.25) is 24.4 Å². The molecule has 1 spiro atoms. The van der Waals surface area contributed by atoms with E-state index >= 15 is 0 Å². The second-order valence-electron chi connectivity index (χ2n) is 11.8. The number of hydrogen-bond donors (Lipinski definition) is 1. The van der Waals surface area contributed by atoms with Crippen LogP contribution in [0.1, 0.15) is 70.8 Å². The molecule has 0 bridgehead atoms. The molecule has 9 nitrogen and oxygen atoms in total. The summed E-state index contributed by atoms with van der Waals surface area (Å²) in [6.07, 6.45) is -0.283. The summed E-state index contributed by atoms with van der Waals surface area (Å²) < 4.78 is 7.71. The Morgan fingerprint density at radius 1 is 1.10 bits per heavy atom. The van der Waals surface area contributed by atoms with E-state index in [1.165, 1.54) is 11.5 Å². The van der Waals surface area contributed by atoms with Gasteiger partial charge >= 0.3 is 5.97 Å². The minimum absolute atomic E-state index is 0.0165. The Balaban J connectivity index is 1.55.